The molecule has 6 nitrogen and oxygen atoms in total. The van der Waals surface area contributed by atoms with Gasteiger partial charge < -0.3 is 9.14 Å². The number of hydrogen-bond acceptors (Lipinski definition) is 5. The fraction of sp³-hybridized carbons (Fsp3) is 0.167. The minimum Gasteiger partial charge on any atom is -0.435 e. The first-order chi connectivity index (χ1) is 15.7. The van der Waals surface area contributed by atoms with Gasteiger partial charge in [-0.05, 0) is 41.5 Å². The molecule has 0 unspecified atom stereocenters. The average molecular weight is 468 g/mol. The van der Waals surface area contributed by atoms with Crippen LogP contribution in [0, 0.1) is 0 Å². The molecule has 0 N–H and O–H groups in total. The van der Waals surface area contributed by atoms with Crippen LogP contribution in [0.5, 0.6) is 5.75 Å². The zero-order valence-corrected chi connectivity index (χ0v) is 18.2. The fourth-order valence-electron chi connectivity index (χ4n) is 4.27. The van der Waals surface area contributed by atoms with Crippen molar-refractivity contribution in [2.45, 2.75) is 23.8 Å². The first kappa shape index (κ1) is 21.3. The third kappa shape index (κ3) is 3.78. The number of carbonyl (C=O) groups is 1. The number of imidazole rings is 1. The van der Waals surface area contributed by atoms with Crippen LogP contribution in [0.25, 0.3) is 16.8 Å². The highest BCUT2D eigenvalue weighted by atomic mass is 32.2. The van der Waals surface area contributed by atoms with Gasteiger partial charge in [-0.25, -0.2) is 13.4 Å². The third-order valence-electron chi connectivity index (χ3n) is 5.77. The molecule has 1 atom stereocenters. The van der Waals surface area contributed by atoms with E-state index in [2.05, 4.69) is 4.98 Å². The molecule has 0 aliphatic heterocycles. The summed E-state index contributed by atoms with van der Waals surface area (Å²) >= 11 is 0. The molecule has 0 spiro atoms. The number of sulfone groups is 1. The maximum Gasteiger partial charge on any atom is 0.387 e. The van der Waals surface area contributed by atoms with Gasteiger partial charge in [-0.15, -0.1) is 0 Å². The van der Waals surface area contributed by atoms with E-state index in [1.54, 1.807) is 40.8 Å². The van der Waals surface area contributed by atoms with E-state index < -0.39 is 22.4 Å². The molecule has 1 aliphatic carbocycles. The van der Waals surface area contributed by atoms with E-state index in [9.17, 15) is 22.0 Å². The molecule has 0 saturated heterocycles. The molecule has 2 aromatic heterocycles. The lowest BCUT2D eigenvalue weighted by Gasteiger charge is -2.17. The molecular formula is C24H18F2N2O4S. The number of benzene rings is 2. The smallest absolute Gasteiger partial charge is 0.387 e. The first-order valence-electron chi connectivity index (χ1n) is 10.1. The molecule has 0 amide bonds. The summed E-state index contributed by atoms with van der Waals surface area (Å²) in [5.74, 6) is -0.620. The predicted molar refractivity (Wildman–Crippen MR) is 118 cm³/mol. The Morgan fingerprint density at radius 1 is 1.03 bits per heavy atom. The molecule has 2 heterocycles. The summed E-state index contributed by atoms with van der Waals surface area (Å²) in [6.07, 6.45) is 3.08. The highest BCUT2D eigenvalue weighted by molar-refractivity contribution is 7.90. The summed E-state index contributed by atoms with van der Waals surface area (Å²) in [4.78, 5) is 17.4. The van der Waals surface area contributed by atoms with E-state index in [0.29, 0.717) is 22.6 Å². The van der Waals surface area contributed by atoms with Crippen molar-refractivity contribution in [3.8, 4) is 16.9 Å². The van der Waals surface area contributed by atoms with Gasteiger partial charge in [0, 0.05) is 30.4 Å². The maximum atomic E-state index is 13.0. The number of halogens is 2. The summed E-state index contributed by atoms with van der Waals surface area (Å²) in [5, 5.41) is 0. The average Bonchev–Trinajstić information content (AvgIpc) is 3.30. The highest BCUT2D eigenvalue weighted by Gasteiger charge is 2.37. The van der Waals surface area contributed by atoms with E-state index >= 15 is 0 Å². The predicted octanol–water partition coefficient (Wildman–Crippen LogP) is 4.72. The number of aromatic nitrogens is 2. The van der Waals surface area contributed by atoms with Crippen LogP contribution < -0.4 is 4.74 Å². The number of alkyl halides is 2. The number of fused-ring (bicyclic) bond motifs is 3. The molecule has 5 rings (SSSR count). The number of pyridine rings is 1. The number of para-hydroxylation sites is 1. The largest absolute Gasteiger partial charge is 0.435 e. The number of ketones is 1. The Morgan fingerprint density at radius 2 is 1.73 bits per heavy atom. The van der Waals surface area contributed by atoms with E-state index in [4.69, 9.17) is 4.74 Å². The van der Waals surface area contributed by atoms with Crippen molar-refractivity contribution < 1.29 is 26.7 Å². The maximum absolute atomic E-state index is 13.0. The number of carbonyl (C=O) groups excluding carboxylic acids is 1. The Balaban J connectivity index is 1.62. The summed E-state index contributed by atoms with van der Waals surface area (Å²) in [7, 11) is -3.31. The van der Waals surface area contributed by atoms with Gasteiger partial charge in [0.2, 0.25) is 0 Å². The Bertz CT molecular complexity index is 1490. The highest BCUT2D eigenvalue weighted by Crippen LogP contribution is 2.42. The molecular weight excluding hydrogens is 450 g/mol. The number of hydrogen-bond donors (Lipinski definition) is 0. The SMILES string of the molecule is CS(=O)(=O)c1ccc(-c2ccc3nc4c(n3c2)[C@H](c2ccccc2OC(F)F)CC4=O)cc1. The van der Waals surface area contributed by atoms with Crippen LogP contribution in [0.2, 0.25) is 0 Å². The van der Waals surface area contributed by atoms with Crippen LogP contribution in [0.1, 0.15) is 34.1 Å². The third-order valence-corrected chi connectivity index (χ3v) is 6.89. The zero-order chi connectivity index (χ0) is 23.3. The van der Waals surface area contributed by atoms with Gasteiger partial charge >= 0.3 is 6.61 Å². The lowest BCUT2D eigenvalue weighted by atomic mass is 9.95. The molecule has 0 saturated carbocycles. The lowest BCUT2D eigenvalue weighted by molar-refractivity contribution is -0.0505. The van der Waals surface area contributed by atoms with E-state index in [0.717, 1.165) is 17.4 Å². The standard InChI is InChI=1S/C24H18F2N2O4S/c1-33(30,31)16-9-6-14(7-10-16)15-8-11-21-27-22-19(29)12-18(23(22)28(21)13-15)17-4-2-3-5-20(17)32-24(25)26/h2-11,13,18,24H,12H2,1H3/t18-/m0/s1. The van der Waals surface area contributed by atoms with Gasteiger partial charge in [0.15, 0.2) is 15.6 Å². The van der Waals surface area contributed by atoms with Crippen molar-refractivity contribution >= 4 is 21.3 Å². The van der Waals surface area contributed by atoms with Gasteiger partial charge in [0.05, 0.1) is 10.6 Å². The van der Waals surface area contributed by atoms with Crippen LogP contribution in [0.4, 0.5) is 8.78 Å². The Hall–Kier alpha value is -3.59. The van der Waals surface area contributed by atoms with Gasteiger partial charge in [-0.1, -0.05) is 30.3 Å². The van der Waals surface area contributed by atoms with Crippen molar-refractivity contribution in [3.63, 3.8) is 0 Å². The summed E-state index contributed by atoms with van der Waals surface area (Å²) in [5.41, 5.74) is 3.56. The van der Waals surface area contributed by atoms with Gasteiger partial charge in [-0.2, -0.15) is 8.78 Å². The second kappa shape index (κ2) is 7.77. The second-order valence-electron chi connectivity index (χ2n) is 7.88. The molecule has 0 bridgehead atoms. The van der Waals surface area contributed by atoms with Crippen LogP contribution >= 0.6 is 0 Å². The molecule has 0 radical (unpaired) electrons. The Labute approximate surface area is 188 Å². The quantitative estimate of drug-likeness (QED) is 0.423. The molecule has 0 fully saturated rings. The summed E-state index contributed by atoms with van der Waals surface area (Å²) < 4.78 is 55.9. The number of Topliss-reactive ketones (excluding diaryl/α,β-unsaturated/α-hetero) is 1. The first-order valence-corrected chi connectivity index (χ1v) is 12.0. The number of rotatable bonds is 5. The monoisotopic (exact) mass is 468 g/mol. The van der Waals surface area contributed by atoms with Crippen LogP contribution in [-0.2, 0) is 9.84 Å². The normalized spacial score (nSPS) is 15.9. The summed E-state index contributed by atoms with van der Waals surface area (Å²) in [6.45, 7) is -2.98. The minimum atomic E-state index is -3.31. The molecule has 4 aromatic rings. The lowest BCUT2D eigenvalue weighted by Crippen LogP contribution is -2.08. The van der Waals surface area contributed by atoms with E-state index in [-0.39, 0.29) is 22.8 Å². The van der Waals surface area contributed by atoms with E-state index in [1.807, 2.05) is 12.3 Å². The van der Waals surface area contributed by atoms with Crippen molar-refractivity contribution in [1.82, 2.24) is 9.38 Å². The fourth-order valence-corrected chi connectivity index (χ4v) is 4.90. The van der Waals surface area contributed by atoms with Crippen molar-refractivity contribution in [2.75, 3.05) is 6.26 Å². The molecule has 2 aromatic carbocycles. The van der Waals surface area contributed by atoms with Crippen molar-refractivity contribution in [3.05, 3.63) is 83.8 Å². The number of ether oxygens (including phenoxy) is 1. The van der Waals surface area contributed by atoms with Crippen LogP contribution in [-0.4, -0.2) is 36.5 Å². The molecule has 9 heteroatoms. The Morgan fingerprint density at radius 3 is 2.42 bits per heavy atom. The number of nitrogens with zero attached hydrogens (tertiary/aromatic N) is 2. The van der Waals surface area contributed by atoms with Crippen molar-refractivity contribution in [2.24, 2.45) is 0 Å². The minimum absolute atomic E-state index is 0.0284. The topological polar surface area (TPSA) is 77.7 Å². The molecule has 1 aliphatic rings. The zero-order valence-electron chi connectivity index (χ0n) is 17.4. The molecule has 33 heavy (non-hydrogen) atoms. The van der Waals surface area contributed by atoms with Crippen LogP contribution in [0.3, 0.4) is 0 Å². The van der Waals surface area contributed by atoms with Crippen LogP contribution in [0.15, 0.2) is 71.8 Å². The van der Waals surface area contributed by atoms with Gasteiger partial charge in [0.1, 0.15) is 17.1 Å². The van der Waals surface area contributed by atoms with E-state index in [1.165, 1.54) is 18.2 Å². The van der Waals surface area contributed by atoms with Gasteiger partial charge in [0.25, 0.3) is 0 Å². The van der Waals surface area contributed by atoms with Gasteiger partial charge in [-0.3, -0.25) is 4.79 Å². The molecule has 168 valence electrons. The Kier molecular flexibility index (Phi) is 5.01. The van der Waals surface area contributed by atoms with Crippen molar-refractivity contribution in [1.29, 1.82) is 0 Å². The summed E-state index contributed by atoms with van der Waals surface area (Å²) in [6, 6.07) is 16.6. The second-order valence-corrected chi connectivity index (χ2v) is 9.90.